The Balaban J connectivity index is 4.55. The van der Waals surface area contributed by atoms with Crippen molar-refractivity contribution in [1.29, 1.82) is 10.5 Å². The van der Waals surface area contributed by atoms with Crippen LogP contribution < -0.4 is 10.6 Å². The average Bonchev–Trinajstić information content (AvgIpc) is 2.80. The van der Waals surface area contributed by atoms with Crippen molar-refractivity contribution in [2.24, 2.45) is 10.2 Å². The summed E-state index contributed by atoms with van der Waals surface area (Å²) >= 11 is 0. The fourth-order valence-electron chi connectivity index (χ4n) is 2.93. The molecule has 8 nitrogen and oxygen atoms in total. The van der Waals surface area contributed by atoms with Gasteiger partial charge in [-0.05, 0) is 39.5 Å². The highest BCUT2D eigenvalue weighted by Crippen LogP contribution is 2.23. The molecule has 32 heavy (non-hydrogen) atoms. The molecule has 2 unspecified atom stereocenters. The molecule has 2 atom stereocenters. The van der Waals surface area contributed by atoms with Crippen molar-refractivity contribution in [3.63, 3.8) is 0 Å². The highest BCUT2D eigenvalue weighted by atomic mass is 16.2. The molecule has 0 fully saturated rings. The quantitative estimate of drug-likeness (QED) is 0.228. The molecule has 2 amide bonds. The molecular formula is C24H42N6O2. The first-order valence-electron chi connectivity index (χ1n) is 12.0. The van der Waals surface area contributed by atoms with Crippen LogP contribution >= 0.6 is 0 Å². The van der Waals surface area contributed by atoms with Gasteiger partial charge in [0, 0.05) is 25.9 Å². The molecule has 0 aliphatic heterocycles. The molecule has 0 aromatic carbocycles. The van der Waals surface area contributed by atoms with Crippen molar-refractivity contribution in [3.05, 3.63) is 0 Å². The fraction of sp³-hybridized carbons (Fsp3) is 0.833. The Morgan fingerprint density at radius 3 is 1.41 bits per heavy atom. The standard InChI is InChI=1S/C24H42N6O2/c1-5-7-9-11-17-27-21(31)13-15-23(3,19-25)29-30-24(4,20-26)16-14-22(32)28-18-12-10-8-6-2/h5-18H2,1-4H3,(H,27,31)(H,28,32). The summed E-state index contributed by atoms with van der Waals surface area (Å²) in [4.78, 5) is 24.1. The molecule has 0 aromatic rings. The van der Waals surface area contributed by atoms with E-state index < -0.39 is 11.1 Å². The number of carbonyl (C=O) groups is 2. The van der Waals surface area contributed by atoms with Crippen LogP contribution in [-0.4, -0.2) is 36.0 Å². The van der Waals surface area contributed by atoms with E-state index in [1.54, 1.807) is 13.8 Å². The van der Waals surface area contributed by atoms with E-state index in [0.717, 1.165) is 51.4 Å². The maximum absolute atomic E-state index is 12.0. The van der Waals surface area contributed by atoms with Crippen LogP contribution in [0.5, 0.6) is 0 Å². The smallest absolute Gasteiger partial charge is 0.220 e. The number of nitrogens with zero attached hydrogens (tertiary/aromatic N) is 4. The van der Waals surface area contributed by atoms with Gasteiger partial charge in [-0.2, -0.15) is 20.8 Å². The molecule has 180 valence electrons. The van der Waals surface area contributed by atoms with Crippen LogP contribution in [-0.2, 0) is 9.59 Å². The summed E-state index contributed by atoms with van der Waals surface area (Å²) in [6, 6.07) is 4.19. The summed E-state index contributed by atoms with van der Waals surface area (Å²) < 4.78 is 0. The summed E-state index contributed by atoms with van der Waals surface area (Å²) in [6.45, 7) is 8.75. The molecule has 0 heterocycles. The van der Waals surface area contributed by atoms with Crippen LogP contribution in [0.25, 0.3) is 0 Å². The summed E-state index contributed by atoms with van der Waals surface area (Å²) in [6.07, 6.45) is 9.43. The Hall–Kier alpha value is -2.48. The predicted molar refractivity (Wildman–Crippen MR) is 126 cm³/mol. The summed E-state index contributed by atoms with van der Waals surface area (Å²) in [5, 5.41) is 33.0. The maximum Gasteiger partial charge on any atom is 0.220 e. The van der Waals surface area contributed by atoms with Crippen molar-refractivity contribution < 1.29 is 9.59 Å². The number of hydrogen-bond donors (Lipinski definition) is 2. The van der Waals surface area contributed by atoms with Crippen molar-refractivity contribution in [2.45, 2.75) is 116 Å². The van der Waals surface area contributed by atoms with Gasteiger partial charge < -0.3 is 10.6 Å². The lowest BCUT2D eigenvalue weighted by atomic mass is 9.97. The zero-order valence-corrected chi connectivity index (χ0v) is 20.5. The number of nitrogens with one attached hydrogen (secondary N) is 2. The molecule has 0 aliphatic carbocycles. The van der Waals surface area contributed by atoms with Gasteiger partial charge in [-0.1, -0.05) is 52.4 Å². The lowest BCUT2D eigenvalue weighted by Crippen LogP contribution is -2.30. The molecule has 0 bridgehead atoms. The third-order valence-electron chi connectivity index (χ3n) is 5.36. The molecule has 0 saturated heterocycles. The van der Waals surface area contributed by atoms with Crippen LogP contribution in [0.1, 0.15) is 105 Å². The average molecular weight is 447 g/mol. The van der Waals surface area contributed by atoms with E-state index >= 15 is 0 Å². The Labute approximate surface area is 194 Å². The van der Waals surface area contributed by atoms with E-state index in [1.165, 1.54) is 0 Å². The van der Waals surface area contributed by atoms with Gasteiger partial charge in [0.05, 0.1) is 12.1 Å². The number of amides is 2. The minimum Gasteiger partial charge on any atom is -0.356 e. The third kappa shape index (κ3) is 14.5. The summed E-state index contributed by atoms with van der Waals surface area (Å²) in [5.74, 6) is -0.228. The normalized spacial score (nSPS) is 14.7. The van der Waals surface area contributed by atoms with Crippen LogP contribution in [0.2, 0.25) is 0 Å². The molecule has 0 aromatic heterocycles. The van der Waals surface area contributed by atoms with Crippen LogP contribution in [0, 0.1) is 22.7 Å². The fourth-order valence-corrected chi connectivity index (χ4v) is 2.93. The van der Waals surface area contributed by atoms with Crippen molar-refractivity contribution >= 4 is 11.8 Å². The van der Waals surface area contributed by atoms with E-state index in [4.69, 9.17) is 0 Å². The first-order valence-corrected chi connectivity index (χ1v) is 12.0. The highest BCUT2D eigenvalue weighted by Gasteiger charge is 2.29. The van der Waals surface area contributed by atoms with Gasteiger partial charge in [-0.15, -0.1) is 0 Å². The second-order valence-corrected chi connectivity index (χ2v) is 8.79. The van der Waals surface area contributed by atoms with Crippen molar-refractivity contribution in [1.82, 2.24) is 10.6 Å². The van der Waals surface area contributed by atoms with Gasteiger partial charge in [-0.25, -0.2) is 0 Å². The largest absolute Gasteiger partial charge is 0.356 e. The lowest BCUT2D eigenvalue weighted by Gasteiger charge is -2.19. The molecule has 0 rings (SSSR count). The minimum atomic E-state index is -1.20. The number of nitriles is 2. The van der Waals surface area contributed by atoms with Crippen LogP contribution in [0.3, 0.4) is 0 Å². The molecule has 0 radical (unpaired) electrons. The highest BCUT2D eigenvalue weighted by molar-refractivity contribution is 5.76. The maximum atomic E-state index is 12.0. The van der Waals surface area contributed by atoms with Gasteiger partial charge in [-0.3, -0.25) is 9.59 Å². The topological polar surface area (TPSA) is 130 Å². The molecule has 8 heteroatoms. The SMILES string of the molecule is CCCCCCNC(=O)CCC(C)(C#N)N=NC(C)(C#N)CCC(=O)NCCCCCC. The van der Waals surface area contributed by atoms with E-state index in [1.807, 2.05) is 0 Å². The number of carbonyl (C=O) groups excluding carboxylic acids is 2. The monoisotopic (exact) mass is 446 g/mol. The molecule has 0 saturated carbocycles. The molecule has 2 N–H and O–H groups in total. The molecule has 0 aliphatic rings. The predicted octanol–water partition coefficient (Wildman–Crippen LogP) is 4.96. The van der Waals surface area contributed by atoms with E-state index in [2.05, 4.69) is 46.8 Å². The molecule has 0 spiro atoms. The first kappa shape index (κ1) is 29.5. The van der Waals surface area contributed by atoms with Crippen LogP contribution in [0.4, 0.5) is 0 Å². The van der Waals surface area contributed by atoms with E-state index in [0.29, 0.717) is 13.1 Å². The van der Waals surface area contributed by atoms with Crippen molar-refractivity contribution in [2.75, 3.05) is 13.1 Å². The van der Waals surface area contributed by atoms with Gasteiger partial charge in [0.2, 0.25) is 11.8 Å². The van der Waals surface area contributed by atoms with Crippen molar-refractivity contribution in [3.8, 4) is 12.1 Å². The second-order valence-electron chi connectivity index (χ2n) is 8.79. The Morgan fingerprint density at radius 1 is 0.719 bits per heavy atom. The number of azo groups is 1. The zero-order valence-electron chi connectivity index (χ0n) is 20.5. The molecular weight excluding hydrogens is 404 g/mol. The van der Waals surface area contributed by atoms with Gasteiger partial charge in [0.25, 0.3) is 0 Å². The minimum absolute atomic E-state index is 0.114. The number of unbranched alkanes of at least 4 members (excludes halogenated alkanes) is 6. The van der Waals surface area contributed by atoms with Gasteiger partial charge >= 0.3 is 0 Å². The second kappa shape index (κ2) is 17.1. The Kier molecular flexibility index (Phi) is 15.8. The van der Waals surface area contributed by atoms with Gasteiger partial charge in [0.15, 0.2) is 11.1 Å². The zero-order chi connectivity index (χ0) is 24.3. The Bertz CT molecular complexity index is 610. The van der Waals surface area contributed by atoms with Crippen LogP contribution in [0.15, 0.2) is 10.2 Å². The first-order chi connectivity index (χ1) is 15.2. The summed E-state index contributed by atoms with van der Waals surface area (Å²) in [7, 11) is 0. The number of rotatable bonds is 18. The number of hydrogen-bond acceptors (Lipinski definition) is 6. The van der Waals surface area contributed by atoms with E-state index in [-0.39, 0.29) is 37.5 Å². The lowest BCUT2D eigenvalue weighted by molar-refractivity contribution is -0.122. The third-order valence-corrected chi connectivity index (χ3v) is 5.36. The van der Waals surface area contributed by atoms with Gasteiger partial charge in [0.1, 0.15) is 0 Å². The summed E-state index contributed by atoms with van der Waals surface area (Å²) in [5.41, 5.74) is -2.39. The van der Waals surface area contributed by atoms with E-state index in [9.17, 15) is 20.1 Å². The Morgan fingerprint density at radius 2 is 1.09 bits per heavy atom.